The molecule has 0 radical (unpaired) electrons. The van der Waals surface area contributed by atoms with Crippen molar-refractivity contribution in [3.05, 3.63) is 71.8 Å². The van der Waals surface area contributed by atoms with Crippen LogP contribution in [0.2, 0.25) is 0 Å². The summed E-state index contributed by atoms with van der Waals surface area (Å²) in [5.74, 6) is -1.38. The Balaban J connectivity index is 2.73. The number of carboxylic acid groups (broad SMARTS) is 1. The van der Waals surface area contributed by atoms with E-state index in [0.29, 0.717) is 22.3 Å². The summed E-state index contributed by atoms with van der Waals surface area (Å²) in [6, 6.07) is 12.2. The Morgan fingerprint density at radius 2 is 1.71 bits per heavy atom. The van der Waals surface area contributed by atoms with Crippen molar-refractivity contribution in [2.75, 3.05) is 7.11 Å². The molecule has 2 aromatic carbocycles. The zero-order valence-corrected chi connectivity index (χ0v) is 13.4. The van der Waals surface area contributed by atoms with Gasteiger partial charge in [-0.2, -0.15) is 0 Å². The maximum atomic E-state index is 12.1. The van der Waals surface area contributed by atoms with E-state index in [1.807, 2.05) is 18.2 Å². The number of carboxylic acids is 1. The van der Waals surface area contributed by atoms with Crippen molar-refractivity contribution in [2.45, 2.75) is 6.92 Å². The number of rotatable bonds is 6. The van der Waals surface area contributed by atoms with E-state index in [-0.39, 0.29) is 17.1 Å². The fourth-order valence-electron chi connectivity index (χ4n) is 2.50. The van der Waals surface area contributed by atoms with Crippen LogP contribution in [0.15, 0.2) is 60.3 Å². The lowest BCUT2D eigenvalue weighted by Crippen LogP contribution is -2.15. The van der Waals surface area contributed by atoms with Crippen LogP contribution in [0.5, 0.6) is 0 Å². The van der Waals surface area contributed by atoms with Crippen LogP contribution in [-0.2, 0) is 9.63 Å². The molecule has 122 valence electrons. The lowest BCUT2D eigenvalue weighted by Gasteiger charge is -2.13. The Morgan fingerprint density at radius 3 is 2.33 bits per heavy atom. The molecule has 0 spiro atoms. The van der Waals surface area contributed by atoms with Crippen LogP contribution in [0.3, 0.4) is 0 Å². The van der Waals surface area contributed by atoms with Gasteiger partial charge in [0.05, 0.1) is 5.56 Å². The zero-order chi connectivity index (χ0) is 17.7. The molecule has 0 atom stereocenters. The first-order valence-corrected chi connectivity index (χ1v) is 7.21. The normalized spacial score (nSPS) is 11.0. The summed E-state index contributed by atoms with van der Waals surface area (Å²) < 4.78 is 0. The number of ketones is 1. The summed E-state index contributed by atoms with van der Waals surface area (Å²) in [5, 5.41) is 13.1. The van der Waals surface area contributed by atoms with E-state index in [0.717, 1.165) is 6.08 Å². The summed E-state index contributed by atoms with van der Waals surface area (Å²) in [7, 11) is 1.36. The van der Waals surface area contributed by atoms with Crippen molar-refractivity contribution >= 4 is 17.5 Å². The van der Waals surface area contributed by atoms with Crippen molar-refractivity contribution in [2.24, 2.45) is 5.16 Å². The number of nitrogens with zero attached hydrogens (tertiary/aromatic N) is 1. The van der Waals surface area contributed by atoms with Gasteiger partial charge >= 0.3 is 5.97 Å². The molecule has 0 heterocycles. The van der Waals surface area contributed by atoms with E-state index in [4.69, 9.17) is 4.84 Å². The van der Waals surface area contributed by atoms with E-state index in [1.165, 1.54) is 7.11 Å². The van der Waals surface area contributed by atoms with Gasteiger partial charge in [0.2, 0.25) is 5.78 Å². The predicted octanol–water partition coefficient (Wildman–Crippen LogP) is 3.47. The van der Waals surface area contributed by atoms with Crippen LogP contribution in [0, 0.1) is 6.92 Å². The molecule has 0 bridgehead atoms. The number of carbonyl (C=O) groups excluding carboxylic acids is 1. The average Bonchev–Trinajstić information content (AvgIpc) is 2.59. The molecule has 0 saturated carbocycles. The highest BCUT2D eigenvalue weighted by Crippen LogP contribution is 2.29. The smallest absolute Gasteiger partial charge is 0.335 e. The van der Waals surface area contributed by atoms with E-state index in [2.05, 4.69) is 11.7 Å². The first-order chi connectivity index (χ1) is 11.5. The van der Waals surface area contributed by atoms with Gasteiger partial charge in [0.25, 0.3) is 0 Å². The van der Waals surface area contributed by atoms with Crippen molar-refractivity contribution in [3.8, 4) is 11.1 Å². The van der Waals surface area contributed by atoms with Gasteiger partial charge in [0.1, 0.15) is 7.11 Å². The zero-order valence-electron chi connectivity index (χ0n) is 13.4. The number of oxime groups is 1. The first-order valence-electron chi connectivity index (χ1n) is 7.21. The summed E-state index contributed by atoms with van der Waals surface area (Å²) in [6.45, 7) is 5.22. The molecule has 5 nitrogen and oxygen atoms in total. The van der Waals surface area contributed by atoms with Crippen LogP contribution >= 0.6 is 0 Å². The molecule has 0 saturated heterocycles. The summed E-state index contributed by atoms with van der Waals surface area (Å²) in [5.41, 5.74) is 2.90. The lowest BCUT2D eigenvalue weighted by atomic mass is 9.90. The van der Waals surface area contributed by atoms with Gasteiger partial charge < -0.3 is 9.94 Å². The minimum absolute atomic E-state index is 0.114. The number of hydrogen-bond donors (Lipinski definition) is 1. The first kappa shape index (κ1) is 17.1. The molecule has 0 amide bonds. The second-order valence-corrected chi connectivity index (χ2v) is 5.02. The maximum absolute atomic E-state index is 12.1. The number of carbonyl (C=O) groups is 2. The van der Waals surface area contributed by atoms with Gasteiger partial charge in [-0.25, -0.2) is 4.79 Å². The second-order valence-electron chi connectivity index (χ2n) is 5.02. The Labute approximate surface area is 139 Å². The largest absolute Gasteiger partial charge is 0.478 e. The molecule has 1 N–H and O–H groups in total. The average molecular weight is 323 g/mol. The predicted molar refractivity (Wildman–Crippen MR) is 92.3 cm³/mol. The van der Waals surface area contributed by atoms with Gasteiger partial charge in [-0.15, -0.1) is 0 Å². The van der Waals surface area contributed by atoms with Crippen molar-refractivity contribution in [1.29, 1.82) is 0 Å². The Hall–Kier alpha value is -3.21. The molecule has 0 aliphatic heterocycles. The molecule has 2 aromatic rings. The third kappa shape index (κ3) is 3.25. The van der Waals surface area contributed by atoms with Crippen molar-refractivity contribution in [1.82, 2.24) is 0 Å². The maximum Gasteiger partial charge on any atom is 0.335 e. The quantitative estimate of drug-likeness (QED) is 0.502. The number of allylic oxidation sites excluding steroid dienone is 1. The van der Waals surface area contributed by atoms with Crippen LogP contribution in [-0.4, -0.2) is 29.7 Å². The van der Waals surface area contributed by atoms with E-state index >= 15 is 0 Å². The fraction of sp³-hybridized carbons (Fsp3) is 0.105. The fourth-order valence-corrected chi connectivity index (χ4v) is 2.50. The third-order valence-electron chi connectivity index (χ3n) is 3.64. The molecule has 0 aromatic heterocycles. The highest BCUT2D eigenvalue weighted by atomic mass is 16.6. The molecule has 24 heavy (non-hydrogen) atoms. The SMILES string of the molecule is C=CC(=O)C(=NOC)c1ccccc1-c1cccc(C(=O)O)c1C. The highest BCUT2D eigenvalue weighted by molar-refractivity contribution is 6.50. The topological polar surface area (TPSA) is 76.0 Å². The Morgan fingerprint density at radius 1 is 1.08 bits per heavy atom. The van der Waals surface area contributed by atoms with E-state index in [1.54, 1.807) is 31.2 Å². The molecule has 0 fully saturated rings. The molecule has 0 aliphatic carbocycles. The lowest BCUT2D eigenvalue weighted by molar-refractivity contribution is -0.109. The molecule has 5 heteroatoms. The van der Waals surface area contributed by atoms with E-state index < -0.39 is 5.97 Å². The van der Waals surface area contributed by atoms with E-state index in [9.17, 15) is 14.7 Å². The van der Waals surface area contributed by atoms with Gasteiger partial charge in [-0.1, -0.05) is 48.1 Å². The van der Waals surface area contributed by atoms with Gasteiger partial charge in [0.15, 0.2) is 5.71 Å². The van der Waals surface area contributed by atoms with Gasteiger partial charge in [-0.3, -0.25) is 4.79 Å². The van der Waals surface area contributed by atoms with Crippen molar-refractivity contribution < 1.29 is 19.5 Å². The minimum atomic E-state index is -1.00. The molecular formula is C19H17NO4. The van der Waals surface area contributed by atoms with Gasteiger partial charge in [0, 0.05) is 5.56 Å². The summed E-state index contributed by atoms with van der Waals surface area (Å²) >= 11 is 0. The van der Waals surface area contributed by atoms with Crippen LogP contribution in [0.4, 0.5) is 0 Å². The summed E-state index contributed by atoms with van der Waals surface area (Å²) in [6.07, 6.45) is 1.16. The number of aromatic carboxylic acids is 1. The highest BCUT2D eigenvalue weighted by Gasteiger charge is 2.19. The van der Waals surface area contributed by atoms with Crippen molar-refractivity contribution in [3.63, 3.8) is 0 Å². The molecule has 0 aliphatic rings. The van der Waals surface area contributed by atoms with Crippen LogP contribution in [0.1, 0.15) is 21.5 Å². The monoisotopic (exact) mass is 323 g/mol. The molecular weight excluding hydrogens is 306 g/mol. The van der Waals surface area contributed by atoms with Crippen LogP contribution < -0.4 is 0 Å². The number of benzene rings is 2. The Bertz CT molecular complexity index is 837. The molecule has 2 rings (SSSR count). The minimum Gasteiger partial charge on any atom is -0.478 e. The summed E-state index contributed by atoms with van der Waals surface area (Å²) in [4.78, 5) is 28.3. The second kappa shape index (κ2) is 7.37. The Kier molecular flexibility index (Phi) is 5.27. The third-order valence-corrected chi connectivity index (χ3v) is 3.64. The number of hydrogen-bond acceptors (Lipinski definition) is 4. The molecule has 0 unspecified atom stereocenters. The van der Waals surface area contributed by atoms with Gasteiger partial charge in [-0.05, 0) is 35.8 Å². The van der Waals surface area contributed by atoms with Crippen LogP contribution in [0.25, 0.3) is 11.1 Å². The standard InChI is InChI=1S/C19H17NO4/c1-4-17(21)18(20-24-3)16-9-6-5-8-15(16)13-10-7-11-14(12(13)2)19(22)23/h4-11H,1H2,2-3H3,(H,22,23).